The second-order valence-corrected chi connectivity index (χ2v) is 5.97. The van der Waals surface area contributed by atoms with Gasteiger partial charge < -0.3 is 4.74 Å². The van der Waals surface area contributed by atoms with Crippen LogP contribution in [0.25, 0.3) is 0 Å². The van der Waals surface area contributed by atoms with Gasteiger partial charge in [-0.3, -0.25) is 0 Å². The van der Waals surface area contributed by atoms with Crippen molar-refractivity contribution < 1.29 is 17.5 Å². The second kappa shape index (κ2) is 6.92. The van der Waals surface area contributed by atoms with Crippen molar-refractivity contribution in [2.75, 3.05) is 18.9 Å². The van der Waals surface area contributed by atoms with E-state index in [1.54, 1.807) is 6.92 Å². The van der Waals surface area contributed by atoms with Crippen molar-refractivity contribution in [2.24, 2.45) is 0 Å². The number of rotatable bonds is 7. The standard InChI is InChI=1S/C11H15ClFNO3S/c1-2-7-18(15,16)14-5-6-17-11-4-3-9(13)8-10(11)12/h3-4,8,14H,2,5-7H2,1H3. The molecule has 1 N–H and O–H groups in total. The molecule has 4 nitrogen and oxygen atoms in total. The highest BCUT2D eigenvalue weighted by molar-refractivity contribution is 7.89. The van der Waals surface area contributed by atoms with Gasteiger partial charge in [0.25, 0.3) is 0 Å². The summed E-state index contributed by atoms with van der Waals surface area (Å²) in [6.07, 6.45) is 0.556. The Morgan fingerprint density at radius 2 is 2.17 bits per heavy atom. The first-order valence-corrected chi connectivity index (χ1v) is 7.53. The van der Waals surface area contributed by atoms with Crippen LogP contribution < -0.4 is 9.46 Å². The van der Waals surface area contributed by atoms with Crippen molar-refractivity contribution in [2.45, 2.75) is 13.3 Å². The topological polar surface area (TPSA) is 55.4 Å². The van der Waals surface area contributed by atoms with E-state index in [1.807, 2.05) is 0 Å². The smallest absolute Gasteiger partial charge is 0.211 e. The zero-order valence-corrected chi connectivity index (χ0v) is 11.5. The van der Waals surface area contributed by atoms with E-state index in [0.29, 0.717) is 12.2 Å². The summed E-state index contributed by atoms with van der Waals surface area (Å²) in [6.45, 7) is 2.07. The average Bonchev–Trinajstić information content (AvgIpc) is 2.26. The van der Waals surface area contributed by atoms with E-state index >= 15 is 0 Å². The number of halogens is 2. The summed E-state index contributed by atoms with van der Waals surface area (Å²) in [7, 11) is -3.23. The van der Waals surface area contributed by atoms with Gasteiger partial charge in [0.1, 0.15) is 18.2 Å². The molecule has 0 spiro atoms. The Hall–Kier alpha value is -0.850. The van der Waals surface area contributed by atoms with Crippen LogP contribution in [0.2, 0.25) is 5.02 Å². The molecule has 0 aliphatic carbocycles. The molecule has 1 aromatic carbocycles. The van der Waals surface area contributed by atoms with Gasteiger partial charge in [0.2, 0.25) is 10.0 Å². The number of nitrogens with one attached hydrogen (secondary N) is 1. The molecular formula is C11H15ClFNO3S. The molecule has 1 rings (SSSR count). The molecule has 0 aliphatic heterocycles. The van der Waals surface area contributed by atoms with Crippen LogP contribution in [0, 0.1) is 5.82 Å². The Morgan fingerprint density at radius 1 is 1.44 bits per heavy atom. The maximum absolute atomic E-state index is 12.7. The maximum atomic E-state index is 12.7. The molecule has 0 unspecified atom stereocenters. The Bertz CT molecular complexity index is 493. The third-order valence-corrected chi connectivity index (χ3v) is 3.93. The molecule has 0 aliphatic rings. The third-order valence-electron chi connectivity index (χ3n) is 2.05. The number of sulfonamides is 1. The lowest BCUT2D eigenvalue weighted by atomic mass is 10.3. The lowest BCUT2D eigenvalue weighted by Crippen LogP contribution is -2.30. The number of ether oxygens (including phenoxy) is 1. The van der Waals surface area contributed by atoms with Gasteiger partial charge in [0.05, 0.1) is 10.8 Å². The van der Waals surface area contributed by atoms with Crippen LogP contribution in [0.5, 0.6) is 5.75 Å². The molecule has 0 aromatic heterocycles. The minimum absolute atomic E-state index is 0.0876. The summed E-state index contributed by atoms with van der Waals surface area (Å²) >= 11 is 5.74. The van der Waals surface area contributed by atoms with E-state index < -0.39 is 15.8 Å². The summed E-state index contributed by atoms with van der Waals surface area (Å²) < 4.78 is 43.0. The highest BCUT2D eigenvalue weighted by atomic mass is 35.5. The van der Waals surface area contributed by atoms with E-state index in [9.17, 15) is 12.8 Å². The molecule has 0 saturated carbocycles. The monoisotopic (exact) mass is 295 g/mol. The van der Waals surface area contributed by atoms with Gasteiger partial charge in [-0.15, -0.1) is 0 Å². The van der Waals surface area contributed by atoms with Crippen LogP contribution in [0.4, 0.5) is 4.39 Å². The van der Waals surface area contributed by atoms with Crippen molar-refractivity contribution in [1.82, 2.24) is 4.72 Å². The first kappa shape index (κ1) is 15.2. The number of hydrogen-bond acceptors (Lipinski definition) is 3. The summed E-state index contributed by atoms with van der Waals surface area (Å²) in [5.41, 5.74) is 0. The average molecular weight is 296 g/mol. The predicted octanol–water partition coefficient (Wildman–Crippen LogP) is 2.19. The molecule has 0 atom stereocenters. The molecule has 18 heavy (non-hydrogen) atoms. The van der Waals surface area contributed by atoms with Gasteiger partial charge in [0.15, 0.2) is 0 Å². The lowest BCUT2D eigenvalue weighted by Gasteiger charge is -2.09. The fourth-order valence-electron chi connectivity index (χ4n) is 1.29. The van der Waals surface area contributed by atoms with Gasteiger partial charge in [-0.25, -0.2) is 17.5 Å². The lowest BCUT2D eigenvalue weighted by molar-refractivity contribution is 0.322. The summed E-state index contributed by atoms with van der Waals surface area (Å²) in [6, 6.07) is 3.76. The zero-order valence-electron chi connectivity index (χ0n) is 9.95. The van der Waals surface area contributed by atoms with E-state index in [0.717, 1.165) is 6.07 Å². The van der Waals surface area contributed by atoms with Crippen LogP contribution >= 0.6 is 11.6 Å². The molecule has 0 saturated heterocycles. The van der Waals surface area contributed by atoms with Crippen molar-refractivity contribution in [3.63, 3.8) is 0 Å². The Kier molecular flexibility index (Phi) is 5.84. The second-order valence-electron chi connectivity index (χ2n) is 3.64. The Balaban J connectivity index is 2.38. The van der Waals surface area contributed by atoms with Crippen molar-refractivity contribution in [1.29, 1.82) is 0 Å². The Morgan fingerprint density at radius 3 is 2.78 bits per heavy atom. The molecule has 7 heteroatoms. The Labute approximate surface area is 111 Å². The highest BCUT2D eigenvalue weighted by Crippen LogP contribution is 2.24. The van der Waals surface area contributed by atoms with E-state index in [-0.39, 0.29) is 23.9 Å². The first-order chi connectivity index (χ1) is 8.44. The fraction of sp³-hybridized carbons (Fsp3) is 0.455. The zero-order chi connectivity index (χ0) is 13.6. The van der Waals surface area contributed by atoms with Crippen molar-refractivity contribution >= 4 is 21.6 Å². The summed E-state index contributed by atoms with van der Waals surface area (Å²) in [5.74, 6) is -0.0339. The third kappa shape index (κ3) is 5.20. The summed E-state index contributed by atoms with van der Waals surface area (Å²) in [4.78, 5) is 0. The van der Waals surface area contributed by atoms with Crippen molar-refractivity contribution in [3.05, 3.63) is 29.0 Å². The SMILES string of the molecule is CCCS(=O)(=O)NCCOc1ccc(F)cc1Cl. The molecule has 0 radical (unpaired) electrons. The van der Waals surface area contributed by atoms with E-state index in [2.05, 4.69) is 4.72 Å². The minimum atomic E-state index is -3.23. The fourth-order valence-corrected chi connectivity index (χ4v) is 2.59. The molecular weight excluding hydrogens is 281 g/mol. The molecule has 0 heterocycles. The van der Waals surface area contributed by atoms with Crippen molar-refractivity contribution in [3.8, 4) is 5.75 Å². The minimum Gasteiger partial charge on any atom is -0.491 e. The van der Waals surface area contributed by atoms with Crippen LogP contribution in [0.3, 0.4) is 0 Å². The summed E-state index contributed by atoms with van der Waals surface area (Å²) in [5, 5.41) is 0.159. The van der Waals surface area contributed by atoms with E-state index in [4.69, 9.17) is 16.3 Å². The van der Waals surface area contributed by atoms with Gasteiger partial charge in [-0.1, -0.05) is 18.5 Å². The number of benzene rings is 1. The molecule has 0 amide bonds. The van der Waals surface area contributed by atoms with Gasteiger partial charge in [-0.05, 0) is 24.6 Å². The molecule has 0 bridgehead atoms. The normalized spacial score (nSPS) is 11.5. The number of hydrogen-bond donors (Lipinski definition) is 1. The van der Waals surface area contributed by atoms with Crippen LogP contribution in [-0.2, 0) is 10.0 Å². The van der Waals surface area contributed by atoms with Gasteiger partial charge in [0, 0.05) is 6.54 Å². The maximum Gasteiger partial charge on any atom is 0.211 e. The predicted molar refractivity (Wildman–Crippen MR) is 69.0 cm³/mol. The molecule has 1 aromatic rings. The van der Waals surface area contributed by atoms with Gasteiger partial charge >= 0.3 is 0 Å². The van der Waals surface area contributed by atoms with Crippen LogP contribution in [-0.4, -0.2) is 27.3 Å². The quantitative estimate of drug-likeness (QED) is 0.785. The highest BCUT2D eigenvalue weighted by Gasteiger charge is 2.08. The first-order valence-electron chi connectivity index (χ1n) is 5.50. The van der Waals surface area contributed by atoms with Crippen LogP contribution in [0.1, 0.15) is 13.3 Å². The van der Waals surface area contributed by atoms with E-state index in [1.165, 1.54) is 12.1 Å². The molecule has 0 fully saturated rings. The largest absolute Gasteiger partial charge is 0.491 e. The molecule has 102 valence electrons. The van der Waals surface area contributed by atoms with Crippen LogP contribution in [0.15, 0.2) is 18.2 Å². The van der Waals surface area contributed by atoms with Gasteiger partial charge in [-0.2, -0.15) is 0 Å².